The van der Waals surface area contributed by atoms with E-state index in [1.54, 1.807) is 11.3 Å². The first-order chi connectivity index (χ1) is 10.3. The van der Waals surface area contributed by atoms with Crippen LogP contribution in [0, 0.1) is 0 Å². The third-order valence-electron chi connectivity index (χ3n) is 3.98. The van der Waals surface area contributed by atoms with E-state index >= 15 is 0 Å². The van der Waals surface area contributed by atoms with E-state index in [-0.39, 0.29) is 5.91 Å². The van der Waals surface area contributed by atoms with Gasteiger partial charge in [-0.25, -0.2) is 0 Å². The number of nitrogens with zero attached hydrogens (tertiary/aromatic N) is 2. The molecule has 0 bridgehead atoms. The van der Waals surface area contributed by atoms with Crippen LogP contribution in [0.4, 0.5) is 0 Å². The van der Waals surface area contributed by atoms with Crippen LogP contribution < -0.4 is 0 Å². The second kappa shape index (κ2) is 7.09. The van der Waals surface area contributed by atoms with Gasteiger partial charge >= 0.3 is 0 Å². The molecule has 0 spiro atoms. The van der Waals surface area contributed by atoms with Gasteiger partial charge in [0.25, 0.3) is 5.91 Å². The third-order valence-corrected chi connectivity index (χ3v) is 4.84. The second-order valence-corrected chi connectivity index (χ2v) is 6.59. The van der Waals surface area contributed by atoms with Crippen molar-refractivity contribution in [3.8, 4) is 0 Å². The van der Waals surface area contributed by atoms with E-state index in [4.69, 9.17) is 4.74 Å². The summed E-state index contributed by atoms with van der Waals surface area (Å²) in [5.74, 6) is 0.639. The molecule has 0 radical (unpaired) electrons. The molecule has 0 saturated carbocycles. The zero-order valence-electron chi connectivity index (χ0n) is 12.3. The molecule has 2 aliphatic rings. The molecule has 0 unspecified atom stereocenters. The molecule has 1 amide bonds. The van der Waals surface area contributed by atoms with Crippen molar-refractivity contribution in [2.45, 2.75) is 25.8 Å². The van der Waals surface area contributed by atoms with Crippen LogP contribution >= 0.6 is 11.3 Å². The summed E-state index contributed by atoms with van der Waals surface area (Å²) in [5, 5.41) is 2.12. The zero-order chi connectivity index (χ0) is 14.5. The highest BCUT2D eigenvalue weighted by atomic mass is 32.1. The van der Waals surface area contributed by atoms with E-state index < -0.39 is 0 Å². The molecule has 0 aromatic carbocycles. The van der Waals surface area contributed by atoms with Crippen molar-refractivity contribution in [3.63, 3.8) is 0 Å². The summed E-state index contributed by atoms with van der Waals surface area (Å²) < 4.78 is 5.50. The standard InChI is InChI=1S/C16H22N2O2S/c19-16(15-6-1-2-11-20-15)18-8-4-7-17(9-10-18)13-14-5-3-12-21-14/h3,5-6,12H,1-2,4,7-11,13H2. The number of rotatable bonds is 3. The molecule has 3 heterocycles. The molecule has 5 heteroatoms. The van der Waals surface area contributed by atoms with E-state index in [1.807, 2.05) is 11.0 Å². The Labute approximate surface area is 130 Å². The predicted molar refractivity (Wildman–Crippen MR) is 84.1 cm³/mol. The van der Waals surface area contributed by atoms with Gasteiger partial charge in [0, 0.05) is 37.6 Å². The minimum Gasteiger partial charge on any atom is -0.488 e. The minimum absolute atomic E-state index is 0.0765. The Balaban J connectivity index is 1.55. The second-order valence-electron chi connectivity index (χ2n) is 5.56. The lowest BCUT2D eigenvalue weighted by molar-refractivity contribution is -0.131. The normalized spacial score (nSPS) is 20.6. The molecule has 0 aliphatic carbocycles. The van der Waals surface area contributed by atoms with Crippen LogP contribution in [-0.2, 0) is 16.1 Å². The monoisotopic (exact) mass is 306 g/mol. The first kappa shape index (κ1) is 14.6. The summed E-state index contributed by atoms with van der Waals surface area (Å²) >= 11 is 1.80. The van der Waals surface area contributed by atoms with E-state index in [0.29, 0.717) is 12.4 Å². The number of carbonyl (C=O) groups is 1. The summed E-state index contributed by atoms with van der Waals surface area (Å²) in [5.41, 5.74) is 0. The predicted octanol–water partition coefficient (Wildman–Crippen LogP) is 2.48. The van der Waals surface area contributed by atoms with E-state index in [0.717, 1.165) is 52.0 Å². The molecule has 0 N–H and O–H groups in total. The summed E-state index contributed by atoms with van der Waals surface area (Å²) in [7, 11) is 0. The van der Waals surface area contributed by atoms with Crippen molar-refractivity contribution in [2.75, 3.05) is 32.8 Å². The molecular weight excluding hydrogens is 284 g/mol. The molecule has 4 nitrogen and oxygen atoms in total. The number of allylic oxidation sites excluding steroid dienone is 1. The number of hydrogen-bond donors (Lipinski definition) is 0. The van der Waals surface area contributed by atoms with Gasteiger partial charge in [0.15, 0.2) is 5.76 Å². The van der Waals surface area contributed by atoms with Crippen molar-refractivity contribution >= 4 is 17.2 Å². The summed E-state index contributed by atoms with van der Waals surface area (Å²) in [6.45, 7) is 5.30. The highest BCUT2D eigenvalue weighted by molar-refractivity contribution is 7.09. The van der Waals surface area contributed by atoms with Crippen molar-refractivity contribution in [3.05, 3.63) is 34.2 Å². The maximum Gasteiger partial charge on any atom is 0.288 e. The van der Waals surface area contributed by atoms with Crippen LogP contribution in [0.25, 0.3) is 0 Å². The van der Waals surface area contributed by atoms with Gasteiger partial charge in [-0.15, -0.1) is 11.3 Å². The summed E-state index contributed by atoms with van der Waals surface area (Å²) in [4.78, 5) is 18.2. The molecule has 1 fully saturated rings. The molecule has 21 heavy (non-hydrogen) atoms. The van der Waals surface area contributed by atoms with Crippen LogP contribution in [-0.4, -0.2) is 48.5 Å². The fourth-order valence-corrected chi connectivity index (χ4v) is 3.56. The summed E-state index contributed by atoms with van der Waals surface area (Å²) in [6.07, 6.45) is 4.95. The van der Waals surface area contributed by atoms with E-state index in [9.17, 15) is 4.79 Å². The zero-order valence-corrected chi connectivity index (χ0v) is 13.1. The average molecular weight is 306 g/mol. The van der Waals surface area contributed by atoms with Crippen LogP contribution in [0.15, 0.2) is 29.3 Å². The van der Waals surface area contributed by atoms with Gasteiger partial charge < -0.3 is 9.64 Å². The van der Waals surface area contributed by atoms with Crippen LogP contribution in [0.5, 0.6) is 0 Å². The van der Waals surface area contributed by atoms with Crippen molar-refractivity contribution in [1.29, 1.82) is 0 Å². The largest absolute Gasteiger partial charge is 0.488 e. The van der Waals surface area contributed by atoms with E-state index in [1.165, 1.54) is 4.88 Å². The van der Waals surface area contributed by atoms with Crippen molar-refractivity contribution < 1.29 is 9.53 Å². The number of ether oxygens (including phenoxy) is 1. The van der Waals surface area contributed by atoms with Gasteiger partial charge in [0.1, 0.15) is 0 Å². The maximum absolute atomic E-state index is 12.4. The van der Waals surface area contributed by atoms with Crippen LogP contribution in [0.3, 0.4) is 0 Å². The maximum atomic E-state index is 12.4. The van der Waals surface area contributed by atoms with Gasteiger partial charge in [-0.2, -0.15) is 0 Å². The number of amides is 1. The molecule has 114 valence electrons. The molecule has 1 saturated heterocycles. The molecule has 2 aliphatic heterocycles. The lowest BCUT2D eigenvalue weighted by Crippen LogP contribution is -2.36. The third kappa shape index (κ3) is 3.86. The van der Waals surface area contributed by atoms with Crippen LogP contribution in [0.2, 0.25) is 0 Å². The molecule has 1 aromatic heterocycles. The topological polar surface area (TPSA) is 32.8 Å². The minimum atomic E-state index is 0.0765. The Morgan fingerprint density at radius 2 is 2.19 bits per heavy atom. The van der Waals surface area contributed by atoms with Gasteiger partial charge in [-0.1, -0.05) is 6.07 Å². The quantitative estimate of drug-likeness (QED) is 0.860. The summed E-state index contributed by atoms with van der Waals surface area (Å²) in [6, 6.07) is 4.28. The van der Waals surface area contributed by atoms with Gasteiger partial charge in [-0.05, 0) is 36.8 Å². The Bertz CT molecular complexity index is 498. The molecule has 1 aromatic rings. The van der Waals surface area contributed by atoms with Gasteiger partial charge in [0.2, 0.25) is 0 Å². The number of thiophene rings is 1. The Kier molecular flexibility index (Phi) is 4.93. The lowest BCUT2D eigenvalue weighted by atomic mass is 10.2. The van der Waals surface area contributed by atoms with Gasteiger partial charge in [-0.3, -0.25) is 9.69 Å². The fourth-order valence-electron chi connectivity index (χ4n) is 2.82. The SMILES string of the molecule is O=C(C1=CCCCO1)N1CCCN(Cc2cccs2)CC1. The number of hydrogen-bond acceptors (Lipinski definition) is 4. The molecule has 0 atom stereocenters. The smallest absolute Gasteiger partial charge is 0.288 e. The Hall–Kier alpha value is -1.33. The molecular formula is C16H22N2O2S. The van der Waals surface area contributed by atoms with Crippen molar-refractivity contribution in [1.82, 2.24) is 9.80 Å². The Morgan fingerprint density at radius 3 is 2.95 bits per heavy atom. The van der Waals surface area contributed by atoms with E-state index in [2.05, 4.69) is 22.4 Å². The van der Waals surface area contributed by atoms with Gasteiger partial charge in [0.05, 0.1) is 6.61 Å². The van der Waals surface area contributed by atoms with Crippen molar-refractivity contribution in [2.24, 2.45) is 0 Å². The molecule has 3 rings (SSSR count). The number of carbonyl (C=O) groups excluding carboxylic acids is 1. The fraction of sp³-hybridized carbons (Fsp3) is 0.562. The lowest BCUT2D eigenvalue weighted by Gasteiger charge is -2.24. The Morgan fingerprint density at radius 1 is 1.24 bits per heavy atom. The highest BCUT2D eigenvalue weighted by Gasteiger charge is 2.23. The average Bonchev–Trinajstić information content (AvgIpc) is 2.92. The van der Waals surface area contributed by atoms with Crippen LogP contribution in [0.1, 0.15) is 24.1 Å². The first-order valence-electron chi connectivity index (χ1n) is 7.70. The first-order valence-corrected chi connectivity index (χ1v) is 8.58. The highest BCUT2D eigenvalue weighted by Crippen LogP contribution is 2.16.